The number of benzene rings is 1. The van der Waals surface area contributed by atoms with Crippen LogP contribution in [0.3, 0.4) is 0 Å². The first-order valence-electron chi connectivity index (χ1n) is 6.25. The van der Waals surface area contributed by atoms with Gasteiger partial charge in [-0.1, -0.05) is 18.2 Å². The van der Waals surface area contributed by atoms with Gasteiger partial charge >= 0.3 is 0 Å². The molecular formula is C16H12N2O2. The fourth-order valence-corrected chi connectivity index (χ4v) is 2.30. The highest BCUT2D eigenvalue weighted by Crippen LogP contribution is 2.35. The van der Waals surface area contributed by atoms with Gasteiger partial charge in [-0.2, -0.15) is 0 Å². The van der Waals surface area contributed by atoms with Crippen LogP contribution in [-0.4, -0.2) is 16.7 Å². The van der Waals surface area contributed by atoms with E-state index in [4.69, 9.17) is 0 Å². The summed E-state index contributed by atoms with van der Waals surface area (Å²) in [5.74, 6) is -0.341. The number of rotatable bonds is 1. The summed E-state index contributed by atoms with van der Waals surface area (Å²) in [4.78, 5) is 29.9. The second kappa shape index (κ2) is 4.74. The Bertz CT molecular complexity index is 720. The molecule has 3 rings (SSSR count). The number of aromatic nitrogens is 1. The van der Waals surface area contributed by atoms with E-state index in [-0.39, 0.29) is 11.7 Å². The van der Waals surface area contributed by atoms with E-state index in [9.17, 15) is 9.59 Å². The number of Topliss-reactive ketones (excluding diaryl/α,β-unsaturated/α-hetero) is 1. The highest BCUT2D eigenvalue weighted by Gasteiger charge is 2.34. The number of amides is 1. The molecule has 1 aromatic heterocycles. The number of hydrogen-bond acceptors (Lipinski definition) is 3. The number of anilines is 1. The molecule has 0 bridgehead atoms. The van der Waals surface area contributed by atoms with Crippen LogP contribution in [0.2, 0.25) is 0 Å². The van der Waals surface area contributed by atoms with Gasteiger partial charge in [-0.25, -0.2) is 0 Å². The Morgan fingerprint density at radius 1 is 1.15 bits per heavy atom. The van der Waals surface area contributed by atoms with Crippen molar-refractivity contribution in [2.45, 2.75) is 6.92 Å². The molecule has 0 saturated heterocycles. The molecule has 0 aliphatic carbocycles. The molecule has 2 heterocycles. The summed E-state index contributed by atoms with van der Waals surface area (Å²) in [7, 11) is 0. The zero-order chi connectivity index (χ0) is 14.1. The predicted molar refractivity (Wildman–Crippen MR) is 76.1 cm³/mol. The Morgan fingerprint density at radius 2 is 1.90 bits per heavy atom. The third-order valence-corrected chi connectivity index (χ3v) is 3.15. The topological polar surface area (TPSA) is 50.3 Å². The van der Waals surface area contributed by atoms with Crippen LogP contribution in [0.25, 0.3) is 6.08 Å². The average molecular weight is 264 g/mol. The summed E-state index contributed by atoms with van der Waals surface area (Å²) in [6.07, 6.45) is 3.29. The number of hydrogen-bond donors (Lipinski definition) is 0. The summed E-state index contributed by atoms with van der Waals surface area (Å²) in [5, 5.41) is 0. The molecule has 0 radical (unpaired) electrons. The maximum absolute atomic E-state index is 12.4. The second-order valence-electron chi connectivity index (χ2n) is 4.48. The first-order chi connectivity index (χ1) is 9.68. The molecule has 1 aromatic carbocycles. The van der Waals surface area contributed by atoms with Gasteiger partial charge in [-0.3, -0.25) is 19.5 Å². The number of allylic oxidation sites excluding steroid dienone is 1. The minimum absolute atomic E-state index is 0.151. The third kappa shape index (κ3) is 1.91. The quantitative estimate of drug-likeness (QED) is 0.744. The average Bonchev–Trinajstić information content (AvgIpc) is 2.74. The van der Waals surface area contributed by atoms with Crippen molar-refractivity contribution in [3.63, 3.8) is 0 Å². The van der Waals surface area contributed by atoms with Gasteiger partial charge in [0.25, 0.3) is 0 Å². The predicted octanol–water partition coefficient (Wildman–Crippen LogP) is 2.67. The molecule has 0 unspecified atom stereocenters. The van der Waals surface area contributed by atoms with E-state index < -0.39 is 0 Å². The summed E-state index contributed by atoms with van der Waals surface area (Å²) in [6.45, 7) is 1.45. The number of para-hydroxylation sites is 1. The van der Waals surface area contributed by atoms with Crippen LogP contribution < -0.4 is 4.90 Å². The van der Waals surface area contributed by atoms with Crippen LogP contribution in [0.4, 0.5) is 5.69 Å². The smallest absolute Gasteiger partial charge is 0.228 e. The number of ketones is 1. The SMILES string of the molecule is CC(=O)N1/C(=C\c2ccccn2)C(=O)c2ccccc21. The van der Waals surface area contributed by atoms with Crippen molar-refractivity contribution in [2.75, 3.05) is 4.90 Å². The van der Waals surface area contributed by atoms with E-state index in [1.807, 2.05) is 12.1 Å². The van der Waals surface area contributed by atoms with Crippen molar-refractivity contribution in [3.8, 4) is 0 Å². The summed E-state index contributed by atoms with van der Waals surface area (Å²) in [5.41, 5.74) is 2.17. The number of pyridine rings is 1. The first kappa shape index (κ1) is 12.3. The molecule has 0 N–H and O–H groups in total. The van der Waals surface area contributed by atoms with Crippen LogP contribution >= 0.6 is 0 Å². The Labute approximate surface area is 116 Å². The summed E-state index contributed by atoms with van der Waals surface area (Å²) >= 11 is 0. The summed E-state index contributed by atoms with van der Waals surface area (Å²) < 4.78 is 0. The van der Waals surface area contributed by atoms with E-state index >= 15 is 0 Å². The van der Waals surface area contributed by atoms with Gasteiger partial charge in [0.2, 0.25) is 11.7 Å². The highest BCUT2D eigenvalue weighted by molar-refractivity contribution is 6.26. The fraction of sp³-hybridized carbons (Fsp3) is 0.0625. The monoisotopic (exact) mass is 264 g/mol. The van der Waals surface area contributed by atoms with E-state index in [0.717, 1.165) is 0 Å². The molecule has 1 aliphatic heterocycles. The lowest BCUT2D eigenvalue weighted by molar-refractivity contribution is -0.116. The molecule has 98 valence electrons. The minimum Gasteiger partial charge on any atom is -0.287 e. The van der Waals surface area contributed by atoms with Crippen molar-refractivity contribution < 1.29 is 9.59 Å². The molecule has 0 saturated carbocycles. The van der Waals surface area contributed by atoms with E-state index in [2.05, 4.69) is 4.98 Å². The number of nitrogens with zero attached hydrogens (tertiary/aromatic N) is 2. The van der Waals surface area contributed by atoms with Crippen LogP contribution in [0.15, 0.2) is 54.4 Å². The van der Waals surface area contributed by atoms with Gasteiger partial charge in [0.1, 0.15) is 0 Å². The van der Waals surface area contributed by atoms with Crippen molar-refractivity contribution in [3.05, 3.63) is 65.6 Å². The zero-order valence-corrected chi connectivity index (χ0v) is 10.9. The van der Waals surface area contributed by atoms with Crippen molar-refractivity contribution >= 4 is 23.5 Å². The zero-order valence-electron chi connectivity index (χ0n) is 10.9. The molecule has 1 amide bonds. The third-order valence-electron chi connectivity index (χ3n) is 3.15. The van der Waals surface area contributed by atoms with Gasteiger partial charge in [0.15, 0.2) is 0 Å². The Hall–Kier alpha value is -2.75. The minimum atomic E-state index is -0.189. The number of carbonyl (C=O) groups excluding carboxylic acids is 2. The molecule has 0 spiro atoms. The normalized spacial score (nSPS) is 15.6. The highest BCUT2D eigenvalue weighted by atomic mass is 16.2. The van der Waals surface area contributed by atoms with E-state index in [0.29, 0.717) is 22.6 Å². The number of carbonyl (C=O) groups is 2. The van der Waals surface area contributed by atoms with Crippen molar-refractivity contribution in [1.29, 1.82) is 0 Å². The second-order valence-corrected chi connectivity index (χ2v) is 4.48. The lowest BCUT2D eigenvalue weighted by atomic mass is 10.1. The standard InChI is InChI=1S/C16H12N2O2/c1-11(19)18-14-8-3-2-7-13(14)16(20)15(18)10-12-6-4-5-9-17-12/h2-10H,1H3/b15-10-. The summed E-state index contributed by atoms with van der Waals surface area (Å²) in [6, 6.07) is 12.5. The van der Waals surface area contributed by atoms with Crippen molar-refractivity contribution in [1.82, 2.24) is 4.98 Å². The van der Waals surface area contributed by atoms with Crippen LogP contribution in [-0.2, 0) is 4.79 Å². The largest absolute Gasteiger partial charge is 0.287 e. The van der Waals surface area contributed by atoms with Gasteiger partial charge in [-0.05, 0) is 30.3 Å². The molecular weight excluding hydrogens is 252 g/mol. The molecule has 4 heteroatoms. The van der Waals surface area contributed by atoms with Crippen molar-refractivity contribution in [2.24, 2.45) is 0 Å². The molecule has 0 atom stereocenters. The van der Waals surface area contributed by atoms with Gasteiger partial charge in [0.05, 0.1) is 17.1 Å². The van der Waals surface area contributed by atoms with Crippen LogP contribution in [0, 0.1) is 0 Å². The van der Waals surface area contributed by atoms with Gasteiger partial charge < -0.3 is 0 Å². The maximum Gasteiger partial charge on any atom is 0.228 e. The Kier molecular flexibility index (Phi) is 2.91. The maximum atomic E-state index is 12.4. The molecule has 20 heavy (non-hydrogen) atoms. The Morgan fingerprint density at radius 3 is 2.60 bits per heavy atom. The van der Waals surface area contributed by atoms with Gasteiger partial charge in [-0.15, -0.1) is 0 Å². The lowest BCUT2D eigenvalue weighted by Crippen LogP contribution is -2.25. The van der Waals surface area contributed by atoms with E-state index in [1.54, 1.807) is 42.6 Å². The molecule has 4 nitrogen and oxygen atoms in total. The lowest BCUT2D eigenvalue weighted by Gasteiger charge is -2.15. The molecule has 2 aromatic rings. The molecule has 0 fully saturated rings. The first-order valence-corrected chi connectivity index (χ1v) is 6.25. The number of fused-ring (bicyclic) bond motifs is 1. The fourth-order valence-electron chi connectivity index (χ4n) is 2.30. The Balaban J connectivity index is 2.15. The van der Waals surface area contributed by atoms with Gasteiger partial charge in [0, 0.05) is 18.7 Å². The van der Waals surface area contributed by atoms with Crippen LogP contribution in [0.5, 0.6) is 0 Å². The molecule has 1 aliphatic rings. The van der Waals surface area contributed by atoms with Crippen LogP contribution in [0.1, 0.15) is 23.0 Å². The van der Waals surface area contributed by atoms with E-state index in [1.165, 1.54) is 11.8 Å².